The summed E-state index contributed by atoms with van der Waals surface area (Å²) in [5.74, 6) is 5.17. The first-order valence-electron chi connectivity index (χ1n) is 18.0. The number of fused-ring (bicyclic) bond motifs is 2. The Bertz CT molecular complexity index is 2420. The zero-order valence-electron chi connectivity index (χ0n) is 30.6. The highest BCUT2D eigenvalue weighted by Crippen LogP contribution is 2.43. The minimum Gasteiger partial charge on any atom is -0.496 e. The number of likely N-dealkylation sites (tertiary alicyclic amines) is 2. The number of aryl methyl sites for hydroxylation is 1. The first-order valence-corrected chi connectivity index (χ1v) is 18.0. The highest BCUT2D eigenvalue weighted by molar-refractivity contribution is 6.23. The van der Waals surface area contributed by atoms with Crippen LogP contribution >= 0.6 is 0 Å². The largest absolute Gasteiger partial charge is 0.496 e. The van der Waals surface area contributed by atoms with E-state index in [1.807, 2.05) is 29.3 Å². The first kappa shape index (κ1) is 35.7. The fourth-order valence-corrected chi connectivity index (χ4v) is 8.26. The number of amides is 5. The minimum atomic E-state index is -1.03. The lowest BCUT2D eigenvalue weighted by Gasteiger charge is -2.60. The zero-order chi connectivity index (χ0) is 38.6. The van der Waals surface area contributed by atoms with Crippen LogP contribution in [0.15, 0.2) is 59.8 Å². The van der Waals surface area contributed by atoms with Gasteiger partial charge < -0.3 is 18.9 Å². The Kier molecular flexibility index (Phi) is 8.97. The number of rotatable bonds is 8. The van der Waals surface area contributed by atoms with Gasteiger partial charge in [0.2, 0.25) is 17.7 Å². The molecule has 8 rings (SSSR count). The van der Waals surface area contributed by atoms with Crippen molar-refractivity contribution in [3.05, 3.63) is 87.6 Å². The van der Waals surface area contributed by atoms with Gasteiger partial charge in [-0.25, -0.2) is 0 Å². The number of imide groups is 2. The van der Waals surface area contributed by atoms with E-state index in [2.05, 4.69) is 27.0 Å². The Hall–Kier alpha value is -6.33. The number of hydrogen-bond donors (Lipinski definition) is 1. The maximum atomic E-state index is 13.1. The van der Waals surface area contributed by atoms with Crippen molar-refractivity contribution < 1.29 is 33.4 Å². The summed E-state index contributed by atoms with van der Waals surface area (Å²) in [6.07, 6.45) is 5.81. The Balaban J connectivity index is 0.848. The second-order valence-electron chi connectivity index (χ2n) is 14.6. The number of aromatic nitrogens is 2. The standard InChI is InChI=1S/C41H38N6O8/c1-44-18-30(26-12-13-42-17-29(26)38(44)51)25-15-33(54-2)31(34(16-25)55-3)19-45-20-41(21-45)22-46(23-41)36(49)7-5-4-6-24-8-9-27-28(14-24)40(53)47(39(27)52)32-10-11-35(48)43-37(32)50/h8-9,12-18,32H,5,7,10-11,19-23H2,1-3H3,(H,43,48,50). The van der Waals surface area contributed by atoms with Crippen molar-refractivity contribution in [1.82, 2.24) is 29.6 Å². The number of benzene rings is 2. The normalized spacial score (nSPS) is 18.7. The van der Waals surface area contributed by atoms with E-state index in [0.717, 1.165) is 40.1 Å². The molecular formula is C41H38N6O8. The number of carbonyl (C=O) groups is 5. The van der Waals surface area contributed by atoms with E-state index in [9.17, 15) is 28.8 Å². The molecule has 1 spiro atoms. The van der Waals surface area contributed by atoms with E-state index >= 15 is 0 Å². The molecule has 280 valence electrons. The Labute approximate surface area is 316 Å². The molecule has 0 radical (unpaired) electrons. The Morgan fingerprint density at radius 3 is 2.36 bits per heavy atom. The monoisotopic (exact) mass is 742 g/mol. The van der Waals surface area contributed by atoms with Crippen LogP contribution in [0, 0.1) is 17.3 Å². The van der Waals surface area contributed by atoms with E-state index < -0.39 is 29.7 Å². The lowest BCUT2D eigenvalue weighted by Crippen LogP contribution is -2.72. The second-order valence-corrected chi connectivity index (χ2v) is 14.6. The molecule has 1 atom stereocenters. The van der Waals surface area contributed by atoms with Crippen LogP contribution in [-0.4, -0.2) is 100 Å². The molecule has 1 N–H and O–H groups in total. The molecule has 4 aromatic rings. The maximum absolute atomic E-state index is 13.1. The summed E-state index contributed by atoms with van der Waals surface area (Å²) < 4.78 is 13.3. The highest BCUT2D eigenvalue weighted by atomic mass is 16.5. The van der Waals surface area contributed by atoms with Crippen LogP contribution in [0.5, 0.6) is 11.5 Å². The summed E-state index contributed by atoms with van der Waals surface area (Å²) in [4.78, 5) is 84.9. The third kappa shape index (κ3) is 6.30. The van der Waals surface area contributed by atoms with Gasteiger partial charge in [0.1, 0.15) is 17.5 Å². The number of nitrogens with zero attached hydrogens (tertiary/aromatic N) is 5. The van der Waals surface area contributed by atoms with Gasteiger partial charge in [-0.3, -0.25) is 48.9 Å². The molecule has 6 heterocycles. The van der Waals surface area contributed by atoms with Crippen molar-refractivity contribution in [1.29, 1.82) is 0 Å². The number of carbonyl (C=O) groups excluding carboxylic acids is 5. The fraction of sp³-hybridized carbons (Fsp3) is 0.341. The summed E-state index contributed by atoms with van der Waals surface area (Å²) in [5, 5.41) is 3.52. The molecule has 0 saturated carbocycles. The lowest BCUT2D eigenvalue weighted by atomic mass is 9.72. The molecule has 0 aliphatic carbocycles. The number of pyridine rings is 2. The van der Waals surface area contributed by atoms with E-state index in [-0.39, 0.29) is 47.3 Å². The van der Waals surface area contributed by atoms with E-state index in [1.54, 1.807) is 44.3 Å². The zero-order valence-corrected chi connectivity index (χ0v) is 30.6. The molecule has 4 aliphatic rings. The average molecular weight is 743 g/mol. The molecule has 55 heavy (non-hydrogen) atoms. The number of hydrogen-bond acceptors (Lipinski definition) is 10. The molecule has 0 bridgehead atoms. The van der Waals surface area contributed by atoms with E-state index in [0.29, 0.717) is 48.5 Å². The van der Waals surface area contributed by atoms with Crippen LogP contribution < -0.4 is 20.3 Å². The third-order valence-electron chi connectivity index (χ3n) is 10.9. The molecule has 5 amide bonds. The predicted molar refractivity (Wildman–Crippen MR) is 199 cm³/mol. The van der Waals surface area contributed by atoms with Crippen LogP contribution in [0.4, 0.5) is 0 Å². The van der Waals surface area contributed by atoms with Crippen LogP contribution in [0.2, 0.25) is 0 Å². The topological polar surface area (TPSA) is 160 Å². The molecule has 14 nitrogen and oxygen atoms in total. The predicted octanol–water partition coefficient (Wildman–Crippen LogP) is 2.50. The van der Waals surface area contributed by atoms with Gasteiger partial charge in [-0.15, -0.1) is 0 Å². The molecule has 14 heteroatoms. The van der Waals surface area contributed by atoms with Gasteiger partial charge in [-0.2, -0.15) is 0 Å². The summed E-state index contributed by atoms with van der Waals surface area (Å²) >= 11 is 0. The molecule has 3 fully saturated rings. The molecule has 4 aliphatic heterocycles. The van der Waals surface area contributed by atoms with Crippen LogP contribution in [0.3, 0.4) is 0 Å². The van der Waals surface area contributed by atoms with Gasteiger partial charge in [-0.1, -0.05) is 11.8 Å². The fourth-order valence-electron chi connectivity index (χ4n) is 8.26. The third-order valence-corrected chi connectivity index (χ3v) is 10.9. The number of ether oxygens (including phenoxy) is 2. The average Bonchev–Trinajstić information content (AvgIpc) is 3.39. The van der Waals surface area contributed by atoms with Crippen molar-refractivity contribution in [3.8, 4) is 34.5 Å². The van der Waals surface area contributed by atoms with E-state index in [4.69, 9.17) is 9.47 Å². The van der Waals surface area contributed by atoms with E-state index in [1.165, 1.54) is 12.1 Å². The lowest BCUT2D eigenvalue weighted by molar-refractivity contribution is -0.159. The van der Waals surface area contributed by atoms with Crippen LogP contribution in [0.1, 0.15) is 57.5 Å². The first-order chi connectivity index (χ1) is 26.5. The van der Waals surface area contributed by atoms with Gasteiger partial charge in [0.15, 0.2) is 0 Å². The number of methoxy groups -OCH3 is 2. The van der Waals surface area contributed by atoms with Gasteiger partial charge in [0.05, 0.1) is 36.3 Å². The molecule has 1 unspecified atom stereocenters. The van der Waals surface area contributed by atoms with Crippen molar-refractivity contribution in [2.24, 2.45) is 12.5 Å². The van der Waals surface area contributed by atoms with Gasteiger partial charge in [-0.05, 0) is 53.8 Å². The summed E-state index contributed by atoms with van der Waals surface area (Å²) in [6, 6.07) is 9.45. The number of nitrogens with one attached hydrogen (secondary N) is 1. The summed E-state index contributed by atoms with van der Waals surface area (Å²) in [7, 11) is 4.99. The van der Waals surface area contributed by atoms with Crippen LogP contribution in [0.25, 0.3) is 21.9 Å². The molecular weight excluding hydrogens is 704 g/mol. The molecule has 3 saturated heterocycles. The Morgan fingerprint density at radius 1 is 0.927 bits per heavy atom. The minimum absolute atomic E-state index is 0.0358. The van der Waals surface area contributed by atoms with Crippen molar-refractivity contribution in [2.45, 2.75) is 38.3 Å². The van der Waals surface area contributed by atoms with Gasteiger partial charge >= 0.3 is 0 Å². The smallest absolute Gasteiger partial charge is 0.262 e. The van der Waals surface area contributed by atoms with Crippen LogP contribution in [-0.2, 0) is 28.0 Å². The van der Waals surface area contributed by atoms with Gasteiger partial charge in [0, 0.05) is 94.2 Å². The maximum Gasteiger partial charge on any atom is 0.262 e. The summed E-state index contributed by atoms with van der Waals surface area (Å²) in [5.41, 5.74) is 3.48. The second kappa shape index (κ2) is 13.8. The Morgan fingerprint density at radius 2 is 1.65 bits per heavy atom. The SMILES string of the molecule is COc1cc(-c2cn(C)c(=O)c3cnccc23)cc(OC)c1CN1CC2(C1)CN(C(=O)CCC#Cc1ccc3c(c1)C(=O)N(C1CCC(=O)NC1=O)C3=O)C2. The quantitative estimate of drug-likeness (QED) is 0.210. The van der Waals surface area contributed by atoms with Gasteiger partial charge in [0.25, 0.3) is 17.4 Å². The molecule has 2 aromatic heterocycles. The van der Waals surface area contributed by atoms with Crippen molar-refractivity contribution in [2.75, 3.05) is 40.4 Å². The number of piperidine rings is 1. The summed E-state index contributed by atoms with van der Waals surface area (Å²) in [6.45, 7) is 3.66. The van der Waals surface area contributed by atoms with Crippen molar-refractivity contribution in [3.63, 3.8) is 0 Å². The van der Waals surface area contributed by atoms with Crippen molar-refractivity contribution >= 4 is 40.3 Å². The highest BCUT2D eigenvalue weighted by Gasteiger charge is 2.53. The molecule has 2 aromatic carbocycles.